The van der Waals surface area contributed by atoms with Crippen molar-refractivity contribution in [2.45, 2.75) is 19.0 Å². The van der Waals surface area contributed by atoms with E-state index < -0.39 is 34.9 Å². The fourth-order valence-electron chi connectivity index (χ4n) is 3.69. The SMILES string of the molecule is Cn1nc(-c2ccc(OCc3ccc(Cl)cc3)cc2O)c(-c2ccc(C(F)(F)F)cc2)c1C(F)(F)F. The number of aromatic hydroxyl groups is 1. The van der Waals surface area contributed by atoms with Crippen LogP contribution in [0.2, 0.25) is 5.02 Å². The quantitative estimate of drug-likeness (QED) is 0.271. The van der Waals surface area contributed by atoms with Crippen LogP contribution >= 0.6 is 11.6 Å². The summed E-state index contributed by atoms with van der Waals surface area (Å²) < 4.78 is 86.9. The Morgan fingerprint density at radius 2 is 1.53 bits per heavy atom. The summed E-state index contributed by atoms with van der Waals surface area (Å²) in [6.07, 6.45) is -9.52. The zero-order valence-corrected chi connectivity index (χ0v) is 19.2. The molecular weight excluding hydrogens is 510 g/mol. The highest BCUT2D eigenvalue weighted by Gasteiger charge is 2.40. The lowest BCUT2D eigenvalue weighted by atomic mass is 9.97. The molecule has 11 heteroatoms. The maximum atomic E-state index is 13.9. The number of aromatic nitrogens is 2. The largest absolute Gasteiger partial charge is 0.507 e. The maximum Gasteiger partial charge on any atom is 0.433 e. The topological polar surface area (TPSA) is 47.3 Å². The van der Waals surface area contributed by atoms with E-state index in [1.165, 1.54) is 18.2 Å². The van der Waals surface area contributed by atoms with E-state index in [1.807, 2.05) is 0 Å². The molecule has 0 aliphatic heterocycles. The Morgan fingerprint density at radius 3 is 2.08 bits per heavy atom. The average Bonchev–Trinajstić information content (AvgIpc) is 3.15. The van der Waals surface area contributed by atoms with Gasteiger partial charge in [-0.2, -0.15) is 31.4 Å². The van der Waals surface area contributed by atoms with Crippen molar-refractivity contribution in [3.8, 4) is 33.9 Å². The molecule has 0 amide bonds. The molecule has 0 saturated carbocycles. The lowest BCUT2D eigenvalue weighted by Crippen LogP contribution is -2.13. The van der Waals surface area contributed by atoms with Gasteiger partial charge in [0.15, 0.2) is 5.69 Å². The zero-order chi connectivity index (χ0) is 26.3. The Balaban J connectivity index is 1.73. The lowest BCUT2D eigenvalue weighted by Gasteiger charge is -2.13. The molecule has 0 aliphatic rings. The van der Waals surface area contributed by atoms with E-state index in [9.17, 15) is 31.4 Å². The van der Waals surface area contributed by atoms with Gasteiger partial charge in [-0.1, -0.05) is 35.9 Å². The number of phenolic OH excluding ortho intramolecular Hbond substituents is 1. The van der Waals surface area contributed by atoms with Gasteiger partial charge in [0.25, 0.3) is 0 Å². The molecule has 0 radical (unpaired) electrons. The summed E-state index contributed by atoms with van der Waals surface area (Å²) in [5, 5.41) is 15.1. The minimum absolute atomic E-state index is 0.0464. The van der Waals surface area contributed by atoms with Crippen molar-refractivity contribution in [2.75, 3.05) is 0 Å². The van der Waals surface area contributed by atoms with E-state index >= 15 is 0 Å². The lowest BCUT2D eigenvalue weighted by molar-refractivity contribution is -0.143. The van der Waals surface area contributed by atoms with Crippen LogP contribution in [0.15, 0.2) is 66.7 Å². The molecule has 3 aromatic carbocycles. The molecular formula is C25H17ClF6N2O2. The molecule has 4 rings (SSSR count). The average molecular weight is 527 g/mol. The number of aryl methyl sites for hydroxylation is 1. The number of nitrogens with zero attached hydrogens (tertiary/aromatic N) is 2. The minimum atomic E-state index is -4.87. The molecule has 1 aromatic heterocycles. The molecule has 1 heterocycles. The normalized spacial score (nSPS) is 12.1. The molecule has 0 unspecified atom stereocenters. The molecule has 0 aliphatic carbocycles. The van der Waals surface area contributed by atoms with E-state index in [0.717, 1.165) is 24.7 Å². The van der Waals surface area contributed by atoms with Crippen LogP contribution in [0.5, 0.6) is 11.5 Å². The van der Waals surface area contributed by atoms with Gasteiger partial charge in [0.05, 0.1) is 5.56 Å². The molecule has 0 fully saturated rings. The van der Waals surface area contributed by atoms with Crippen LogP contribution in [-0.2, 0) is 26.0 Å². The molecule has 0 spiro atoms. The molecule has 0 atom stereocenters. The van der Waals surface area contributed by atoms with Gasteiger partial charge in [-0.3, -0.25) is 4.68 Å². The van der Waals surface area contributed by atoms with Crippen molar-refractivity contribution in [1.82, 2.24) is 9.78 Å². The van der Waals surface area contributed by atoms with Gasteiger partial charge in [0.1, 0.15) is 23.8 Å². The van der Waals surface area contributed by atoms with Crippen LogP contribution in [0.4, 0.5) is 26.3 Å². The summed E-state index contributed by atoms with van der Waals surface area (Å²) in [5.41, 5.74) is -2.26. The first-order valence-electron chi connectivity index (χ1n) is 10.4. The van der Waals surface area contributed by atoms with Gasteiger partial charge in [-0.15, -0.1) is 0 Å². The standard InChI is InChI=1S/C25H17ClF6N2O2/c1-34-23(25(30,31)32)21(15-4-6-16(7-5-15)24(27,28)29)22(33-34)19-11-10-18(12-20(19)35)36-13-14-2-8-17(26)9-3-14/h2-12,35H,13H2,1H3. The number of alkyl halides is 6. The fourth-order valence-corrected chi connectivity index (χ4v) is 3.81. The number of halogens is 7. The Kier molecular flexibility index (Phi) is 6.66. The highest BCUT2D eigenvalue weighted by Crippen LogP contribution is 2.45. The molecule has 4 aromatic rings. The predicted molar refractivity (Wildman–Crippen MR) is 122 cm³/mol. The van der Waals surface area contributed by atoms with Crippen LogP contribution in [0.1, 0.15) is 16.8 Å². The number of hydrogen-bond acceptors (Lipinski definition) is 3. The molecule has 188 valence electrons. The Hall–Kier alpha value is -3.66. The summed E-state index contributed by atoms with van der Waals surface area (Å²) in [6, 6.07) is 14.2. The van der Waals surface area contributed by atoms with Crippen molar-refractivity contribution >= 4 is 11.6 Å². The molecule has 0 bridgehead atoms. The van der Waals surface area contributed by atoms with Crippen LogP contribution in [0.25, 0.3) is 22.4 Å². The van der Waals surface area contributed by atoms with Crippen molar-refractivity contribution in [3.05, 3.63) is 88.6 Å². The van der Waals surface area contributed by atoms with Crippen molar-refractivity contribution in [2.24, 2.45) is 7.05 Å². The van der Waals surface area contributed by atoms with Crippen LogP contribution in [0, 0.1) is 0 Å². The smallest absolute Gasteiger partial charge is 0.433 e. The van der Waals surface area contributed by atoms with E-state index in [4.69, 9.17) is 16.3 Å². The predicted octanol–water partition coefficient (Wildman–Crippen LogP) is 7.73. The molecule has 0 saturated heterocycles. The molecule has 1 N–H and O–H groups in total. The highest BCUT2D eigenvalue weighted by molar-refractivity contribution is 6.30. The first-order chi connectivity index (χ1) is 16.8. The van der Waals surface area contributed by atoms with Crippen LogP contribution < -0.4 is 4.74 Å². The van der Waals surface area contributed by atoms with E-state index in [0.29, 0.717) is 21.8 Å². The van der Waals surface area contributed by atoms with Crippen LogP contribution in [-0.4, -0.2) is 14.9 Å². The van der Waals surface area contributed by atoms with Crippen molar-refractivity contribution in [3.63, 3.8) is 0 Å². The Labute approximate surface area is 206 Å². The second-order valence-corrected chi connectivity index (χ2v) is 8.30. The highest BCUT2D eigenvalue weighted by atomic mass is 35.5. The minimum Gasteiger partial charge on any atom is -0.507 e. The summed E-state index contributed by atoms with van der Waals surface area (Å²) in [6.45, 7) is 0.147. The number of ether oxygens (including phenoxy) is 1. The third-order valence-electron chi connectivity index (χ3n) is 5.36. The summed E-state index contributed by atoms with van der Waals surface area (Å²) in [4.78, 5) is 0. The number of phenols is 1. The van der Waals surface area contributed by atoms with Crippen molar-refractivity contribution < 1.29 is 36.2 Å². The second-order valence-electron chi connectivity index (χ2n) is 7.86. The van der Waals surface area contributed by atoms with Crippen molar-refractivity contribution in [1.29, 1.82) is 0 Å². The van der Waals surface area contributed by atoms with E-state index in [2.05, 4.69) is 5.10 Å². The number of hydrogen-bond donors (Lipinski definition) is 1. The zero-order valence-electron chi connectivity index (χ0n) is 18.5. The van der Waals surface area contributed by atoms with Gasteiger partial charge in [0, 0.05) is 29.3 Å². The first kappa shape index (κ1) is 25.4. The summed E-state index contributed by atoms with van der Waals surface area (Å²) >= 11 is 5.85. The molecule has 36 heavy (non-hydrogen) atoms. The summed E-state index contributed by atoms with van der Waals surface area (Å²) in [7, 11) is 1.07. The first-order valence-corrected chi connectivity index (χ1v) is 10.7. The summed E-state index contributed by atoms with van der Waals surface area (Å²) in [5.74, 6) is -0.169. The Morgan fingerprint density at radius 1 is 0.889 bits per heavy atom. The van der Waals surface area contributed by atoms with E-state index in [1.54, 1.807) is 24.3 Å². The van der Waals surface area contributed by atoms with Gasteiger partial charge < -0.3 is 9.84 Å². The molecule has 4 nitrogen and oxygen atoms in total. The van der Waals surface area contributed by atoms with E-state index in [-0.39, 0.29) is 29.2 Å². The van der Waals surface area contributed by atoms with Gasteiger partial charge in [-0.25, -0.2) is 0 Å². The number of rotatable bonds is 5. The van der Waals surface area contributed by atoms with Crippen LogP contribution in [0.3, 0.4) is 0 Å². The third kappa shape index (κ3) is 5.28. The second kappa shape index (κ2) is 9.42. The van der Waals surface area contributed by atoms with Gasteiger partial charge in [-0.05, 0) is 47.5 Å². The maximum absolute atomic E-state index is 13.9. The van der Waals surface area contributed by atoms with Gasteiger partial charge >= 0.3 is 12.4 Å². The monoisotopic (exact) mass is 526 g/mol. The number of benzene rings is 3. The fraction of sp³-hybridized carbons (Fsp3) is 0.160. The van der Waals surface area contributed by atoms with Gasteiger partial charge in [0.2, 0.25) is 0 Å². The third-order valence-corrected chi connectivity index (χ3v) is 5.61. The Bertz CT molecular complexity index is 1380.